The van der Waals surface area contributed by atoms with Gasteiger partial charge >= 0.3 is 0 Å². The highest BCUT2D eigenvalue weighted by Gasteiger charge is 2.18. The van der Waals surface area contributed by atoms with Gasteiger partial charge in [-0.05, 0) is 28.1 Å². The zero-order chi connectivity index (χ0) is 10.3. The second kappa shape index (κ2) is 3.46. The SMILES string of the molecule is Brc1ccc(-c2nnc3n2CCNC3)o1. The second-order valence-corrected chi connectivity index (χ2v) is 4.15. The van der Waals surface area contributed by atoms with Crippen molar-refractivity contribution in [2.24, 2.45) is 0 Å². The number of nitrogens with one attached hydrogen (secondary N) is 1. The van der Waals surface area contributed by atoms with E-state index in [1.807, 2.05) is 12.1 Å². The fourth-order valence-electron chi connectivity index (χ4n) is 1.71. The Hall–Kier alpha value is -1.14. The van der Waals surface area contributed by atoms with Gasteiger partial charge in [0.05, 0.1) is 6.54 Å². The van der Waals surface area contributed by atoms with Crippen LogP contribution in [0.5, 0.6) is 0 Å². The number of nitrogens with zero attached hydrogens (tertiary/aromatic N) is 3. The second-order valence-electron chi connectivity index (χ2n) is 3.37. The van der Waals surface area contributed by atoms with Gasteiger partial charge in [-0.2, -0.15) is 0 Å². The van der Waals surface area contributed by atoms with Crippen LogP contribution in [0.2, 0.25) is 0 Å². The van der Waals surface area contributed by atoms with Crippen molar-refractivity contribution < 1.29 is 4.42 Å². The third-order valence-electron chi connectivity index (χ3n) is 2.42. The molecule has 5 nitrogen and oxygen atoms in total. The standard InChI is InChI=1S/C9H9BrN4O/c10-7-2-1-6(15-7)9-13-12-8-5-11-3-4-14(8)9/h1-2,11H,3-5H2. The summed E-state index contributed by atoms with van der Waals surface area (Å²) in [5, 5.41) is 11.5. The van der Waals surface area contributed by atoms with Crippen LogP contribution in [0.25, 0.3) is 11.6 Å². The third kappa shape index (κ3) is 1.49. The Balaban J connectivity index is 2.08. The molecule has 6 heteroatoms. The maximum Gasteiger partial charge on any atom is 0.199 e. The van der Waals surface area contributed by atoms with E-state index in [2.05, 4.69) is 36.0 Å². The summed E-state index contributed by atoms with van der Waals surface area (Å²) in [6.07, 6.45) is 0. The highest BCUT2D eigenvalue weighted by atomic mass is 79.9. The number of halogens is 1. The van der Waals surface area contributed by atoms with E-state index < -0.39 is 0 Å². The molecule has 0 saturated heterocycles. The monoisotopic (exact) mass is 268 g/mol. The molecular weight excluding hydrogens is 260 g/mol. The van der Waals surface area contributed by atoms with Gasteiger partial charge < -0.3 is 14.3 Å². The molecule has 1 aliphatic rings. The predicted molar refractivity (Wildman–Crippen MR) is 57.1 cm³/mol. The highest BCUT2D eigenvalue weighted by Crippen LogP contribution is 2.24. The number of rotatable bonds is 1. The Morgan fingerprint density at radius 1 is 1.40 bits per heavy atom. The van der Waals surface area contributed by atoms with Gasteiger partial charge in [0.15, 0.2) is 16.3 Å². The number of hydrogen-bond acceptors (Lipinski definition) is 4. The molecule has 15 heavy (non-hydrogen) atoms. The Bertz CT molecular complexity index is 490. The number of furan rings is 1. The molecule has 1 aliphatic heterocycles. The van der Waals surface area contributed by atoms with E-state index in [4.69, 9.17) is 4.42 Å². The van der Waals surface area contributed by atoms with Gasteiger partial charge in [0.2, 0.25) is 0 Å². The van der Waals surface area contributed by atoms with Gasteiger partial charge in [0.25, 0.3) is 0 Å². The predicted octanol–water partition coefficient (Wildman–Crippen LogP) is 1.40. The van der Waals surface area contributed by atoms with E-state index in [0.29, 0.717) is 4.67 Å². The quantitative estimate of drug-likeness (QED) is 0.850. The van der Waals surface area contributed by atoms with Crippen LogP contribution < -0.4 is 5.32 Å². The van der Waals surface area contributed by atoms with Crippen LogP contribution in [-0.4, -0.2) is 21.3 Å². The summed E-state index contributed by atoms with van der Waals surface area (Å²) in [5.74, 6) is 2.52. The average Bonchev–Trinajstić information content (AvgIpc) is 2.83. The first-order valence-corrected chi connectivity index (χ1v) is 5.52. The molecular formula is C9H9BrN4O. The average molecular weight is 269 g/mol. The lowest BCUT2D eigenvalue weighted by Gasteiger charge is -2.14. The van der Waals surface area contributed by atoms with Crippen molar-refractivity contribution in [3.05, 3.63) is 22.6 Å². The lowest BCUT2D eigenvalue weighted by atomic mass is 10.3. The molecule has 0 aromatic carbocycles. The molecule has 0 unspecified atom stereocenters. The Labute approximate surface area is 94.6 Å². The molecule has 1 N–H and O–H groups in total. The first-order chi connectivity index (χ1) is 7.34. The lowest BCUT2D eigenvalue weighted by molar-refractivity contribution is 0.497. The van der Waals surface area contributed by atoms with Crippen molar-refractivity contribution in [1.82, 2.24) is 20.1 Å². The van der Waals surface area contributed by atoms with E-state index in [-0.39, 0.29) is 0 Å². The van der Waals surface area contributed by atoms with Crippen LogP contribution in [-0.2, 0) is 13.1 Å². The zero-order valence-electron chi connectivity index (χ0n) is 7.90. The zero-order valence-corrected chi connectivity index (χ0v) is 9.49. The summed E-state index contributed by atoms with van der Waals surface area (Å²) in [6, 6.07) is 3.75. The van der Waals surface area contributed by atoms with Crippen molar-refractivity contribution in [3.63, 3.8) is 0 Å². The first-order valence-electron chi connectivity index (χ1n) is 4.73. The van der Waals surface area contributed by atoms with E-state index >= 15 is 0 Å². The fraction of sp³-hybridized carbons (Fsp3) is 0.333. The van der Waals surface area contributed by atoms with E-state index in [0.717, 1.165) is 37.0 Å². The Kier molecular flexibility index (Phi) is 2.10. The van der Waals surface area contributed by atoms with Crippen molar-refractivity contribution in [2.45, 2.75) is 13.1 Å². The van der Waals surface area contributed by atoms with Crippen LogP contribution >= 0.6 is 15.9 Å². The van der Waals surface area contributed by atoms with E-state index in [9.17, 15) is 0 Å². The van der Waals surface area contributed by atoms with E-state index in [1.54, 1.807) is 0 Å². The van der Waals surface area contributed by atoms with Gasteiger partial charge in [-0.15, -0.1) is 10.2 Å². The fourth-order valence-corrected chi connectivity index (χ4v) is 2.02. The summed E-state index contributed by atoms with van der Waals surface area (Å²) >= 11 is 3.28. The van der Waals surface area contributed by atoms with Crippen LogP contribution in [0.15, 0.2) is 21.2 Å². The molecule has 0 spiro atoms. The summed E-state index contributed by atoms with van der Waals surface area (Å²) in [6.45, 7) is 2.60. The molecule has 0 aliphatic carbocycles. The Morgan fingerprint density at radius 3 is 3.13 bits per heavy atom. The minimum atomic E-state index is 0.712. The number of aromatic nitrogens is 3. The minimum absolute atomic E-state index is 0.712. The summed E-state index contributed by atoms with van der Waals surface area (Å²) < 4.78 is 8.26. The largest absolute Gasteiger partial charge is 0.446 e. The number of fused-ring (bicyclic) bond motifs is 1. The maximum absolute atomic E-state index is 5.47. The van der Waals surface area contributed by atoms with Crippen LogP contribution in [0.4, 0.5) is 0 Å². The van der Waals surface area contributed by atoms with Gasteiger partial charge in [0, 0.05) is 13.1 Å². The number of hydrogen-bond donors (Lipinski definition) is 1. The molecule has 2 aromatic heterocycles. The van der Waals surface area contributed by atoms with Gasteiger partial charge in [-0.25, -0.2) is 0 Å². The van der Waals surface area contributed by atoms with Crippen molar-refractivity contribution in [3.8, 4) is 11.6 Å². The van der Waals surface area contributed by atoms with Crippen LogP contribution in [0.3, 0.4) is 0 Å². The maximum atomic E-state index is 5.47. The molecule has 3 heterocycles. The molecule has 0 radical (unpaired) electrons. The first kappa shape index (κ1) is 9.11. The molecule has 0 saturated carbocycles. The van der Waals surface area contributed by atoms with Gasteiger partial charge in [0.1, 0.15) is 5.82 Å². The normalized spacial score (nSPS) is 15.3. The van der Waals surface area contributed by atoms with Crippen molar-refractivity contribution in [2.75, 3.05) is 6.54 Å². The molecule has 0 bridgehead atoms. The molecule has 0 amide bonds. The van der Waals surface area contributed by atoms with Crippen LogP contribution in [0.1, 0.15) is 5.82 Å². The van der Waals surface area contributed by atoms with Crippen molar-refractivity contribution in [1.29, 1.82) is 0 Å². The Morgan fingerprint density at radius 2 is 2.33 bits per heavy atom. The van der Waals surface area contributed by atoms with Gasteiger partial charge in [-0.1, -0.05) is 0 Å². The highest BCUT2D eigenvalue weighted by molar-refractivity contribution is 9.10. The molecule has 3 rings (SSSR count). The van der Waals surface area contributed by atoms with Crippen molar-refractivity contribution >= 4 is 15.9 Å². The third-order valence-corrected chi connectivity index (χ3v) is 2.84. The van der Waals surface area contributed by atoms with Crippen LogP contribution in [0, 0.1) is 0 Å². The summed E-state index contributed by atoms with van der Waals surface area (Å²) in [4.78, 5) is 0. The summed E-state index contributed by atoms with van der Waals surface area (Å²) in [7, 11) is 0. The topological polar surface area (TPSA) is 55.9 Å². The smallest absolute Gasteiger partial charge is 0.199 e. The molecule has 0 atom stereocenters. The van der Waals surface area contributed by atoms with E-state index in [1.165, 1.54) is 0 Å². The summed E-state index contributed by atoms with van der Waals surface area (Å²) in [5.41, 5.74) is 0. The molecule has 78 valence electrons. The minimum Gasteiger partial charge on any atom is -0.446 e. The molecule has 2 aromatic rings. The van der Waals surface area contributed by atoms with Gasteiger partial charge in [-0.3, -0.25) is 0 Å². The lowest BCUT2D eigenvalue weighted by Crippen LogP contribution is -2.28. The molecule has 0 fully saturated rings.